The molecule has 0 radical (unpaired) electrons. The topological polar surface area (TPSA) is 227 Å². The van der Waals surface area contributed by atoms with E-state index in [-0.39, 0.29) is 30.3 Å². The van der Waals surface area contributed by atoms with Crippen molar-refractivity contribution >= 4 is 46.2 Å². The molecule has 0 saturated carbocycles. The number of aliphatic hydroxyl groups is 1. The highest BCUT2D eigenvalue weighted by atomic mass is 32.2. The van der Waals surface area contributed by atoms with Gasteiger partial charge in [-0.3, -0.25) is 19.2 Å². The van der Waals surface area contributed by atoms with E-state index in [1.165, 1.54) is 12.1 Å². The number of aryl methyl sites for hydroxylation is 1. The normalized spacial score (nSPS) is 11.9. The Labute approximate surface area is 284 Å². The quantitative estimate of drug-likeness (QED) is 0.0548. The molecule has 48 heavy (non-hydrogen) atoms. The summed E-state index contributed by atoms with van der Waals surface area (Å²) in [6, 6.07) is 14.4. The number of rotatable bonds is 20. The largest absolute Gasteiger partial charge is 0.396 e. The van der Waals surface area contributed by atoms with E-state index in [0.29, 0.717) is 49.6 Å². The number of amides is 3. The number of primary sulfonamides is 1. The fourth-order valence-electron chi connectivity index (χ4n) is 4.44. The molecule has 1 aromatic heterocycles. The molecular formula is C31H42N8O7S2. The van der Waals surface area contributed by atoms with Gasteiger partial charge >= 0.3 is 0 Å². The Hall–Kier alpha value is -4.13. The minimum absolute atomic E-state index is 0.0628. The van der Waals surface area contributed by atoms with Gasteiger partial charge in [0.15, 0.2) is 5.78 Å². The molecule has 3 rings (SSSR count). The minimum atomic E-state index is -3.92. The van der Waals surface area contributed by atoms with Crippen LogP contribution in [-0.2, 0) is 29.2 Å². The lowest BCUT2D eigenvalue weighted by atomic mass is 10.1. The maximum Gasteiger partial charge on any atom is 0.239 e. The highest BCUT2D eigenvalue weighted by Gasteiger charge is 2.26. The second-order valence-electron chi connectivity index (χ2n) is 10.8. The van der Waals surface area contributed by atoms with Crippen molar-refractivity contribution in [2.45, 2.75) is 30.7 Å². The van der Waals surface area contributed by atoms with Crippen LogP contribution >= 0.6 is 12.6 Å². The van der Waals surface area contributed by atoms with E-state index in [1.54, 1.807) is 22.9 Å². The van der Waals surface area contributed by atoms with Gasteiger partial charge in [-0.1, -0.05) is 29.8 Å². The Balaban J connectivity index is 1.84. The van der Waals surface area contributed by atoms with Gasteiger partial charge < -0.3 is 31.7 Å². The van der Waals surface area contributed by atoms with Crippen LogP contribution in [0.15, 0.2) is 59.5 Å². The smallest absolute Gasteiger partial charge is 0.239 e. The molecule has 8 N–H and O–H groups in total. The summed E-state index contributed by atoms with van der Waals surface area (Å²) in [4.78, 5) is 49.2. The number of nitrogens with zero attached hydrogens (tertiary/aromatic N) is 2. The zero-order valence-electron chi connectivity index (χ0n) is 26.6. The molecule has 0 fully saturated rings. The Kier molecular flexibility index (Phi) is 15.2. The van der Waals surface area contributed by atoms with E-state index < -0.39 is 46.1 Å². The first kappa shape index (κ1) is 38.3. The number of hydrogen-bond acceptors (Lipinski definition) is 11. The third-order valence-corrected chi connectivity index (χ3v) is 8.21. The standard InChI is InChI=1S/C31H42N8O7S2/c1-21-4-6-22(7-5-21)26-16-25(38-39(26)23-8-10-24(11-9-23)48(32,45)46)31(34-14-2-12-33-13-3-15-40)27(41)17-35-28(42)18-36-29(43)19-37-30(44)20-47/h4-11,16,31,33-34,40,47H,2-3,12-15,17-20H2,1H3,(H,35,42)(H,36,43)(H,37,44)(H2,32,45,46). The molecule has 17 heteroatoms. The number of ketones is 1. The van der Waals surface area contributed by atoms with Crippen LogP contribution < -0.4 is 31.7 Å². The van der Waals surface area contributed by atoms with Gasteiger partial charge in [0.25, 0.3) is 0 Å². The lowest BCUT2D eigenvalue weighted by Gasteiger charge is -2.17. The van der Waals surface area contributed by atoms with E-state index in [9.17, 15) is 27.6 Å². The van der Waals surface area contributed by atoms with Gasteiger partial charge in [0.2, 0.25) is 27.7 Å². The SMILES string of the molecule is Cc1ccc(-c2cc(C(NCCCNCCCO)C(=O)CNC(=O)CNC(=O)CNC(=O)CS)nn2-c2ccc(S(N)(=O)=O)cc2)cc1. The number of Topliss-reactive ketones (excluding diaryl/α,β-unsaturated/α-hetero) is 1. The molecule has 0 spiro atoms. The Morgan fingerprint density at radius 1 is 0.875 bits per heavy atom. The summed E-state index contributed by atoms with van der Waals surface area (Å²) >= 11 is 3.81. The van der Waals surface area contributed by atoms with E-state index in [4.69, 9.17) is 15.3 Å². The number of nitrogens with two attached hydrogens (primary N) is 1. The number of sulfonamides is 1. The number of thiol groups is 1. The van der Waals surface area contributed by atoms with E-state index in [2.05, 4.69) is 39.2 Å². The molecule has 0 aliphatic rings. The zero-order valence-corrected chi connectivity index (χ0v) is 28.3. The number of aromatic nitrogens is 2. The number of aliphatic hydroxyl groups excluding tert-OH is 1. The predicted octanol–water partition coefficient (Wildman–Crippen LogP) is -0.665. The number of benzene rings is 2. The molecule has 1 unspecified atom stereocenters. The van der Waals surface area contributed by atoms with Gasteiger partial charge in [-0.2, -0.15) is 17.7 Å². The predicted molar refractivity (Wildman–Crippen MR) is 183 cm³/mol. The van der Waals surface area contributed by atoms with Crippen LogP contribution in [0.25, 0.3) is 16.9 Å². The number of nitrogens with one attached hydrogen (secondary N) is 5. The van der Waals surface area contributed by atoms with Crippen LogP contribution in [0.3, 0.4) is 0 Å². The summed E-state index contributed by atoms with van der Waals surface area (Å²) in [7, 11) is -3.92. The highest BCUT2D eigenvalue weighted by Crippen LogP contribution is 2.28. The van der Waals surface area contributed by atoms with Crippen molar-refractivity contribution in [3.8, 4) is 16.9 Å². The van der Waals surface area contributed by atoms with E-state index >= 15 is 0 Å². The number of hydrogen-bond donors (Lipinski definition) is 8. The monoisotopic (exact) mass is 702 g/mol. The van der Waals surface area contributed by atoms with E-state index in [1.807, 2.05) is 31.2 Å². The molecule has 1 atom stereocenters. The van der Waals surface area contributed by atoms with Crippen LogP contribution in [-0.4, -0.2) is 98.4 Å². The van der Waals surface area contributed by atoms with Crippen molar-refractivity contribution in [3.63, 3.8) is 0 Å². The van der Waals surface area contributed by atoms with Crippen molar-refractivity contribution in [2.75, 3.05) is 51.6 Å². The van der Waals surface area contributed by atoms with Crippen LogP contribution in [0.2, 0.25) is 0 Å². The Morgan fingerprint density at radius 2 is 1.48 bits per heavy atom. The highest BCUT2D eigenvalue weighted by molar-refractivity contribution is 7.89. The van der Waals surface area contributed by atoms with Crippen molar-refractivity contribution < 1.29 is 32.7 Å². The summed E-state index contributed by atoms with van der Waals surface area (Å²) in [5, 5.41) is 32.7. The van der Waals surface area contributed by atoms with Gasteiger partial charge in [-0.05, 0) is 69.7 Å². The molecule has 0 aliphatic carbocycles. The minimum Gasteiger partial charge on any atom is -0.396 e. The van der Waals surface area contributed by atoms with Gasteiger partial charge in [0, 0.05) is 12.2 Å². The molecule has 1 heterocycles. The maximum atomic E-state index is 13.6. The van der Waals surface area contributed by atoms with Crippen LogP contribution in [0.4, 0.5) is 0 Å². The molecule has 0 saturated heterocycles. The first-order valence-corrected chi connectivity index (χ1v) is 17.4. The molecule has 260 valence electrons. The van der Waals surface area contributed by atoms with Gasteiger partial charge in [0.1, 0.15) is 6.04 Å². The first-order valence-electron chi connectivity index (χ1n) is 15.2. The zero-order chi connectivity index (χ0) is 35.1. The fourth-order valence-corrected chi connectivity index (χ4v) is 5.07. The first-order chi connectivity index (χ1) is 22.9. The number of carbonyl (C=O) groups excluding carboxylic acids is 4. The lowest BCUT2D eigenvalue weighted by Crippen LogP contribution is -2.44. The van der Waals surface area contributed by atoms with Gasteiger partial charge in [0.05, 0.1) is 47.4 Å². The van der Waals surface area contributed by atoms with Crippen LogP contribution in [0.5, 0.6) is 0 Å². The molecule has 2 aromatic carbocycles. The van der Waals surface area contributed by atoms with Gasteiger partial charge in [-0.25, -0.2) is 18.2 Å². The molecule has 3 amide bonds. The van der Waals surface area contributed by atoms with E-state index in [0.717, 1.165) is 11.1 Å². The van der Waals surface area contributed by atoms with Crippen LogP contribution in [0, 0.1) is 6.92 Å². The van der Waals surface area contributed by atoms with Gasteiger partial charge in [-0.15, -0.1) is 0 Å². The maximum absolute atomic E-state index is 13.6. The summed E-state index contributed by atoms with van der Waals surface area (Å²) in [5.74, 6) is -2.10. The van der Waals surface area contributed by atoms with Crippen molar-refractivity contribution in [1.29, 1.82) is 0 Å². The molecule has 0 bridgehead atoms. The number of carbonyl (C=O) groups is 4. The van der Waals surface area contributed by atoms with Crippen molar-refractivity contribution in [2.24, 2.45) is 5.14 Å². The van der Waals surface area contributed by atoms with Crippen molar-refractivity contribution in [1.82, 2.24) is 36.4 Å². The average molecular weight is 703 g/mol. The summed E-state index contributed by atoms with van der Waals surface area (Å²) < 4.78 is 25.3. The molecule has 15 nitrogen and oxygen atoms in total. The third kappa shape index (κ3) is 12.1. The molecular weight excluding hydrogens is 661 g/mol. The second kappa shape index (κ2) is 19.0. The Bertz CT molecular complexity index is 1650. The summed E-state index contributed by atoms with van der Waals surface area (Å²) in [5.41, 5.74) is 3.36. The molecule has 3 aromatic rings. The lowest BCUT2D eigenvalue weighted by molar-refractivity contribution is -0.128. The third-order valence-electron chi connectivity index (χ3n) is 6.99. The van der Waals surface area contributed by atoms with Crippen molar-refractivity contribution in [3.05, 3.63) is 65.9 Å². The Morgan fingerprint density at radius 3 is 2.08 bits per heavy atom. The second-order valence-corrected chi connectivity index (χ2v) is 12.7. The average Bonchev–Trinajstić information content (AvgIpc) is 3.51. The fraction of sp³-hybridized carbons (Fsp3) is 0.387. The summed E-state index contributed by atoms with van der Waals surface area (Å²) in [6.45, 7) is 2.66. The van der Waals surface area contributed by atoms with Crippen LogP contribution in [0.1, 0.15) is 30.1 Å². The summed E-state index contributed by atoms with van der Waals surface area (Å²) in [6.07, 6.45) is 1.27. The molecule has 0 aliphatic heterocycles.